The molecule has 0 spiro atoms. The van der Waals surface area contributed by atoms with Crippen molar-refractivity contribution in [1.29, 1.82) is 0 Å². The number of amides is 2. The van der Waals surface area contributed by atoms with Gasteiger partial charge < -0.3 is 10.2 Å². The number of hydrogen-bond donors (Lipinski definition) is 1. The van der Waals surface area contributed by atoms with Crippen LogP contribution in [-0.2, 0) is 6.42 Å². The first kappa shape index (κ1) is 17.0. The largest absolute Gasteiger partial charge is 0.338 e. The number of likely N-dealkylation sites (tertiary alicyclic amines) is 1. The lowest BCUT2D eigenvalue weighted by molar-refractivity contribution is 0.189. The van der Waals surface area contributed by atoms with Crippen molar-refractivity contribution in [2.45, 2.75) is 44.6 Å². The van der Waals surface area contributed by atoms with Gasteiger partial charge in [-0.25, -0.2) is 4.79 Å². The Kier molecular flexibility index (Phi) is 4.87. The highest BCUT2D eigenvalue weighted by Gasteiger charge is 2.46. The molecule has 2 amide bonds. The van der Waals surface area contributed by atoms with Crippen LogP contribution in [-0.4, -0.2) is 40.0 Å². The topological polar surface area (TPSA) is 58.1 Å². The van der Waals surface area contributed by atoms with Crippen LogP contribution in [0.1, 0.15) is 42.1 Å². The summed E-state index contributed by atoms with van der Waals surface area (Å²) in [5, 5.41) is 3.09. The van der Waals surface area contributed by atoms with Gasteiger partial charge >= 0.3 is 6.03 Å². The highest BCUT2D eigenvalue weighted by Crippen LogP contribution is 2.46. The fraction of sp³-hybridized carbons (Fsp3) is 0.476. The second kappa shape index (κ2) is 7.44. The van der Waals surface area contributed by atoms with Crippen molar-refractivity contribution in [2.24, 2.45) is 5.92 Å². The van der Waals surface area contributed by atoms with Gasteiger partial charge in [-0.05, 0) is 31.2 Å². The first-order chi connectivity index (χ1) is 12.7. The maximum Gasteiger partial charge on any atom is 0.317 e. The minimum Gasteiger partial charge on any atom is -0.338 e. The van der Waals surface area contributed by atoms with Gasteiger partial charge in [-0.3, -0.25) is 9.97 Å². The molecule has 0 radical (unpaired) electrons. The fourth-order valence-electron chi connectivity index (χ4n) is 4.54. The number of carbonyl (C=O) groups excluding carboxylic acids is 1. The highest BCUT2D eigenvalue weighted by atomic mass is 16.2. The third-order valence-electron chi connectivity index (χ3n) is 5.82. The van der Waals surface area contributed by atoms with Crippen LogP contribution in [0.2, 0.25) is 0 Å². The Labute approximate surface area is 154 Å². The normalized spacial score (nSPS) is 24.5. The average Bonchev–Trinajstić information content (AvgIpc) is 3.26. The van der Waals surface area contributed by atoms with Crippen molar-refractivity contribution in [3.8, 4) is 0 Å². The minimum absolute atomic E-state index is 0.0698. The maximum atomic E-state index is 12.8. The van der Waals surface area contributed by atoms with Crippen molar-refractivity contribution in [1.82, 2.24) is 20.2 Å². The summed E-state index contributed by atoms with van der Waals surface area (Å²) in [6.45, 7) is 3.35. The molecule has 2 fully saturated rings. The summed E-state index contributed by atoms with van der Waals surface area (Å²) in [6.07, 6.45) is 7.85. The monoisotopic (exact) mass is 350 g/mol. The van der Waals surface area contributed by atoms with Crippen molar-refractivity contribution >= 4 is 6.03 Å². The van der Waals surface area contributed by atoms with E-state index in [9.17, 15) is 4.79 Å². The number of fused-ring (bicyclic) bond motifs is 1. The summed E-state index contributed by atoms with van der Waals surface area (Å²) >= 11 is 0. The van der Waals surface area contributed by atoms with Gasteiger partial charge in [0.25, 0.3) is 0 Å². The lowest BCUT2D eigenvalue weighted by Crippen LogP contribution is -2.43. The highest BCUT2D eigenvalue weighted by molar-refractivity contribution is 5.75. The van der Waals surface area contributed by atoms with E-state index in [1.165, 1.54) is 18.4 Å². The third kappa shape index (κ3) is 3.43. The van der Waals surface area contributed by atoms with Crippen LogP contribution in [0.5, 0.6) is 0 Å². The fourth-order valence-corrected chi connectivity index (χ4v) is 4.54. The van der Waals surface area contributed by atoms with Gasteiger partial charge in [0.1, 0.15) is 0 Å². The second-order valence-electron chi connectivity index (χ2n) is 7.46. The molecule has 136 valence electrons. The molecule has 1 aromatic heterocycles. The van der Waals surface area contributed by atoms with Crippen LogP contribution in [0.3, 0.4) is 0 Å². The lowest BCUT2D eigenvalue weighted by atomic mass is 9.87. The van der Waals surface area contributed by atoms with Crippen LogP contribution in [0.4, 0.5) is 4.79 Å². The Morgan fingerprint density at radius 1 is 1.19 bits per heavy atom. The van der Waals surface area contributed by atoms with Gasteiger partial charge in [0.15, 0.2) is 0 Å². The third-order valence-corrected chi connectivity index (χ3v) is 5.82. The predicted molar refractivity (Wildman–Crippen MR) is 101 cm³/mol. The number of benzene rings is 1. The molecule has 1 aliphatic carbocycles. The van der Waals surface area contributed by atoms with Gasteiger partial charge in [-0.1, -0.05) is 36.8 Å². The van der Waals surface area contributed by atoms with Crippen LogP contribution >= 0.6 is 0 Å². The zero-order chi connectivity index (χ0) is 17.9. The van der Waals surface area contributed by atoms with E-state index in [0.29, 0.717) is 30.8 Å². The van der Waals surface area contributed by atoms with Gasteiger partial charge in [0.05, 0.1) is 11.4 Å². The standard InChI is InChI=1S/C21H26N4O/c1-15-12-24-17(13-23-15)10-11-22-21(26)25-14-19(16-6-3-2-4-7-16)18-8-5-9-20(18)25/h2-4,6-7,12-13,18-20H,5,8-11,14H2,1H3,(H,22,26). The van der Waals surface area contributed by atoms with Gasteiger partial charge in [-0.2, -0.15) is 0 Å². The Balaban J connectivity index is 1.37. The first-order valence-corrected chi connectivity index (χ1v) is 9.59. The number of nitrogens with one attached hydrogen (secondary N) is 1. The van der Waals surface area contributed by atoms with E-state index in [1.54, 1.807) is 12.4 Å². The molecule has 4 rings (SSSR count). The zero-order valence-corrected chi connectivity index (χ0v) is 15.3. The van der Waals surface area contributed by atoms with Gasteiger partial charge in [0.2, 0.25) is 0 Å². The molecule has 5 heteroatoms. The minimum atomic E-state index is 0.0698. The number of nitrogens with zero attached hydrogens (tertiary/aromatic N) is 3. The molecule has 3 atom stereocenters. The van der Waals surface area contributed by atoms with E-state index in [0.717, 1.165) is 24.4 Å². The molecule has 2 aromatic rings. The van der Waals surface area contributed by atoms with Crippen LogP contribution in [0.25, 0.3) is 0 Å². The molecular formula is C21H26N4O. The number of carbonyl (C=O) groups is 1. The summed E-state index contributed by atoms with van der Waals surface area (Å²) in [5.41, 5.74) is 3.20. The maximum absolute atomic E-state index is 12.8. The zero-order valence-electron chi connectivity index (χ0n) is 15.3. The van der Waals surface area contributed by atoms with Crippen LogP contribution in [0.15, 0.2) is 42.7 Å². The van der Waals surface area contributed by atoms with Crippen molar-refractivity contribution in [3.05, 3.63) is 59.7 Å². The van der Waals surface area contributed by atoms with Crippen molar-refractivity contribution < 1.29 is 4.79 Å². The van der Waals surface area contributed by atoms with Gasteiger partial charge in [0, 0.05) is 43.9 Å². The summed E-state index contributed by atoms with van der Waals surface area (Å²) in [7, 11) is 0. The van der Waals surface area contributed by atoms with Crippen LogP contribution < -0.4 is 5.32 Å². The summed E-state index contributed by atoms with van der Waals surface area (Å²) in [6, 6.07) is 11.1. The number of urea groups is 1. The number of aryl methyl sites for hydroxylation is 1. The molecule has 1 N–H and O–H groups in total. The number of aromatic nitrogens is 2. The van der Waals surface area contributed by atoms with E-state index >= 15 is 0 Å². The molecule has 26 heavy (non-hydrogen) atoms. The van der Waals surface area contributed by atoms with E-state index in [2.05, 4.69) is 50.5 Å². The summed E-state index contributed by atoms with van der Waals surface area (Å²) in [4.78, 5) is 23.5. The molecule has 2 heterocycles. The molecular weight excluding hydrogens is 324 g/mol. The number of rotatable bonds is 4. The SMILES string of the molecule is Cc1cnc(CCNC(=O)N2CC(c3ccccc3)C3CCCC32)cn1. The molecule has 3 unspecified atom stereocenters. The molecule has 1 aromatic carbocycles. The molecule has 0 bridgehead atoms. The van der Waals surface area contributed by atoms with Gasteiger partial charge in [-0.15, -0.1) is 0 Å². The van der Waals surface area contributed by atoms with E-state index in [-0.39, 0.29) is 6.03 Å². The molecule has 2 aliphatic rings. The Bertz CT molecular complexity index is 746. The molecule has 1 saturated heterocycles. The Morgan fingerprint density at radius 3 is 2.81 bits per heavy atom. The summed E-state index contributed by atoms with van der Waals surface area (Å²) < 4.78 is 0. The first-order valence-electron chi connectivity index (χ1n) is 9.59. The summed E-state index contributed by atoms with van der Waals surface area (Å²) in [5.74, 6) is 1.07. The van der Waals surface area contributed by atoms with Crippen molar-refractivity contribution in [2.75, 3.05) is 13.1 Å². The smallest absolute Gasteiger partial charge is 0.317 e. The predicted octanol–water partition coefficient (Wildman–Crippen LogP) is 3.31. The number of hydrogen-bond acceptors (Lipinski definition) is 3. The quantitative estimate of drug-likeness (QED) is 0.920. The molecule has 1 saturated carbocycles. The van der Waals surface area contributed by atoms with E-state index < -0.39 is 0 Å². The lowest BCUT2D eigenvalue weighted by Gasteiger charge is -2.24. The van der Waals surface area contributed by atoms with Crippen molar-refractivity contribution in [3.63, 3.8) is 0 Å². The van der Waals surface area contributed by atoms with E-state index in [1.807, 2.05) is 6.92 Å². The Morgan fingerprint density at radius 2 is 2.04 bits per heavy atom. The molecule has 1 aliphatic heterocycles. The Hall–Kier alpha value is -2.43. The average molecular weight is 350 g/mol. The second-order valence-corrected chi connectivity index (χ2v) is 7.46. The van der Waals surface area contributed by atoms with Crippen LogP contribution in [0, 0.1) is 12.8 Å². The molecule has 5 nitrogen and oxygen atoms in total. The van der Waals surface area contributed by atoms with E-state index in [4.69, 9.17) is 0 Å².